The molecule has 0 aliphatic rings. The molecule has 1 N–H and O–H groups in total. The number of nitrogens with zero attached hydrogens (tertiary/aromatic N) is 1. The molecule has 3 aromatic rings. The molecular weight excluding hydrogens is 328 g/mol. The first kappa shape index (κ1) is 17.3. The lowest BCUT2D eigenvalue weighted by Gasteiger charge is -2.14. The third kappa shape index (κ3) is 3.05. The molecule has 0 unspecified atom stereocenters. The van der Waals surface area contributed by atoms with Crippen LogP contribution in [0.3, 0.4) is 0 Å². The highest BCUT2D eigenvalue weighted by molar-refractivity contribution is 5.86. The van der Waals surface area contributed by atoms with Crippen molar-refractivity contribution in [1.82, 2.24) is 4.98 Å². The lowest BCUT2D eigenvalue weighted by molar-refractivity contribution is 0.355. The van der Waals surface area contributed by atoms with Crippen molar-refractivity contribution in [3.63, 3.8) is 0 Å². The van der Waals surface area contributed by atoms with Gasteiger partial charge in [0.15, 0.2) is 11.5 Å². The number of rotatable bonds is 4. The maximum Gasteiger partial charge on any atom is 0.266 e. The quantitative estimate of drug-likeness (QED) is 0.777. The Morgan fingerprint density at radius 2 is 1.62 bits per heavy atom. The Balaban J connectivity index is 2.27. The zero-order valence-corrected chi connectivity index (χ0v) is 14.8. The maximum absolute atomic E-state index is 12.2. The molecule has 0 aliphatic heterocycles. The van der Waals surface area contributed by atoms with Crippen molar-refractivity contribution >= 4 is 0 Å². The van der Waals surface area contributed by atoms with Crippen LogP contribution in [0.4, 0.5) is 0 Å². The van der Waals surface area contributed by atoms with Crippen molar-refractivity contribution in [3.8, 4) is 39.8 Å². The summed E-state index contributed by atoms with van der Waals surface area (Å²) in [5.74, 6) is 1.25. The number of aromatic nitrogens is 1. The fraction of sp³-hybridized carbons (Fsp3) is 0.143. The zero-order valence-electron chi connectivity index (χ0n) is 14.8. The average molecular weight is 346 g/mol. The molecule has 0 bridgehead atoms. The number of aromatic amines is 1. The molecule has 2 aromatic carbocycles. The fourth-order valence-electron chi connectivity index (χ4n) is 2.99. The number of H-pyrrole nitrogens is 1. The van der Waals surface area contributed by atoms with Crippen molar-refractivity contribution in [1.29, 1.82) is 5.26 Å². The Kier molecular flexibility index (Phi) is 4.76. The van der Waals surface area contributed by atoms with Crippen molar-refractivity contribution in [2.45, 2.75) is 6.92 Å². The van der Waals surface area contributed by atoms with E-state index in [1.165, 1.54) is 0 Å². The molecule has 0 spiro atoms. The Labute approximate surface area is 151 Å². The molecule has 5 heteroatoms. The topological polar surface area (TPSA) is 75.1 Å². The largest absolute Gasteiger partial charge is 0.493 e. The van der Waals surface area contributed by atoms with Gasteiger partial charge in [0.25, 0.3) is 5.56 Å². The lowest BCUT2D eigenvalue weighted by atomic mass is 9.92. The van der Waals surface area contributed by atoms with E-state index >= 15 is 0 Å². The van der Waals surface area contributed by atoms with Gasteiger partial charge < -0.3 is 14.5 Å². The number of hydrogen-bond acceptors (Lipinski definition) is 4. The van der Waals surface area contributed by atoms with Gasteiger partial charge in [-0.25, -0.2) is 0 Å². The standard InChI is InChI=1S/C21H18N2O3/c1-13-10-17(18(12-22)21(24)23-13)16-7-5-4-6-15(16)14-8-9-19(25-2)20(11-14)26-3/h4-11H,1-3H3,(H,23,24). The van der Waals surface area contributed by atoms with Gasteiger partial charge in [-0.1, -0.05) is 30.3 Å². The smallest absolute Gasteiger partial charge is 0.266 e. The van der Waals surface area contributed by atoms with E-state index in [1.807, 2.05) is 54.6 Å². The Bertz CT molecular complexity index is 1060. The van der Waals surface area contributed by atoms with Crippen LogP contribution in [0.25, 0.3) is 22.3 Å². The highest BCUT2D eigenvalue weighted by atomic mass is 16.5. The molecule has 5 nitrogen and oxygen atoms in total. The van der Waals surface area contributed by atoms with Crippen LogP contribution in [0.2, 0.25) is 0 Å². The van der Waals surface area contributed by atoms with E-state index in [4.69, 9.17) is 9.47 Å². The monoisotopic (exact) mass is 346 g/mol. The molecule has 1 heterocycles. The number of aryl methyl sites for hydroxylation is 1. The van der Waals surface area contributed by atoms with Crippen molar-refractivity contribution in [2.24, 2.45) is 0 Å². The molecule has 0 radical (unpaired) electrons. The van der Waals surface area contributed by atoms with E-state index in [9.17, 15) is 10.1 Å². The molecule has 0 fully saturated rings. The van der Waals surface area contributed by atoms with Gasteiger partial charge in [-0.15, -0.1) is 0 Å². The van der Waals surface area contributed by atoms with Gasteiger partial charge in [-0.05, 0) is 41.8 Å². The minimum atomic E-state index is -0.385. The highest BCUT2D eigenvalue weighted by Gasteiger charge is 2.15. The summed E-state index contributed by atoms with van der Waals surface area (Å²) >= 11 is 0. The molecule has 3 rings (SSSR count). The van der Waals surface area contributed by atoms with E-state index in [2.05, 4.69) is 4.98 Å². The number of nitriles is 1. The number of benzene rings is 2. The third-order valence-corrected chi connectivity index (χ3v) is 4.19. The van der Waals surface area contributed by atoms with E-state index in [1.54, 1.807) is 21.1 Å². The molecular formula is C21H18N2O3. The second-order valence-electron chi connectivity index (χ2n) is 5.80. The van der Waals surface area contributed by atoms with Gasteiger partial charge in [-0.2, -0.15) is 5.26 Å². The van der Waals surface area contributed by atoms with Gasteiger partial charge in [0.1, 0.15) is 11.6 Å². The number of methoxy groups -OCH3 is 2. The highest BCUT2D eigenvalue weighted by Crippen LogP contribution is 2.37. The summed E-state index contributed by atoms with van der Waals surface area (Å²) in [6.45, 7) is 1.80. The summed E-state index contributed by atoms with van der Waals surface area (Å²) in [7, 11) is 3.17. The molecule has 0 saturated carbocycles. The SMILES string of the molecule is COc1ccc(-c2ccccc2-c2cc(C)[nH]c(=O)c2C#N)cc1OC. The average Bonchev–Trinajstić information content (AvgIpc) is 2.66. The van der Waals surface area contributed by atoms with Gasteiger partial charge in [0, 0.05) is 11.3 Å². The summed E-state index contributed by atoms with van der Waals surface area (Å²) in [5, 5.41) is 9.46. The predicted molar refractivity (Wildman–Crippen MR) is 100 cm³/mol. The summed E-state index contributed by atoms with van der Waals surface area (Å²) in [4.78, 5) is 14.9. The minimum Gasteiger partial charge on any atom is -0.493 e. The van der Waals surface area contributed by atoms with Crippen LogP contribution in [0.15, 0.2) is 53.3 Å². The lowest BCUT2D eigenvalue weighted by Crippen LogP contribution is -2.12. The van der Waals surface area contributed by atoms with Gasteiger partial charge in [-0.3, -0.25) is 4.79 Å². The second-order valence-corrected chi connectivity index (χ2v) is 5.80. The van der Waals surface area contributed by atoms with E-state index in [0.29, 0.717) is 22.8 Å². The Morgan fingerprint density at radius 1 is 0.923 bits per heavy atom. The Hall–Kier alpha value is -3.52. The number of hydrogen-bond donors (Lipinski definition) is 1. The van der Waals surface area contributed by atoms with Crippen LogP contribution < -0.4 is 15.0 Å². The van der Waals surface area contributed by atoms with Crippen LogP contribution >= 0.6 is 0 Å². The van der Waals surface area contributed by atoms with Crippen LogP contribution in [0.5, 0.6) is 11.5 Å². The van der Waals surface area contributed by atoms with Gasteiger partial charge >= 0.3 is 0 Å². The van der Waals surface area contributed by atoms with Crippen LogP contribution in [0, 0.1) is 18.3 Å². The third-order valence-electron chi connectivity index (χ3n) is 4.19. The second kappa shape index (κ2) is 7.16. The summed E-state index contributed by atoms with van der Waals surface area (Å²) < 4.78 is 10.7. The van der Waals surface area contributed by atoms with E-state index < -0.39 is 0 Å². The summed E-state index contributed by atoms with van der Waals surface area (Å²) in [6.07, 6.45) is 0. The number of ether oxygens (including phenoxy) is 2. The summed E-state index contributed by atoms with van der Waals surface area (Å²) in [5.41, 5.74) is 3.64. The fourth-order valence-corrected chi connectivity index (χ4v) is 2.99. The maximum atomic E-state index is 12.2. The number of nitrogens with one attached hydrogen (secondary N) is 1. The normalized spacial score (nSPS) is 10.2. The zero-order chi connectivity index (χ0) is 18.7. The van der Waals surface area contributed by atoms with E-state index in [0.717, 1.165) is 16.7 Å². The first-order valence-corrected chi connectivity index (χ1v) is 8.05. The molecule has 1 aromatic heterocycles. The molecule has 0 atom stereocenters. The van der Waals surface area contributed by atoms with Crippen molar-refractivity contribution in [3.05, 3.63) is 70.1 Å². The van der Waals surface area contributed by atoms with Crippen molar-refractivity contribution < 1.29 is 9.47 Å². The van der Waals surface area contributed by atoms with Crippen molar-refractivity contribution in [2.75, 3.05) is 14.2 Å². The van der Waals surface area contributed by atoms with Crippen LogP contribution in [-0.2, 0) is 0 Å². The van der Waals surface area contributed by atoms with Crippen LogP contribution in [-0.4, -0.2) is 19.2 Å². The van der Waals surface area contributed by atoms with E-state index in [-0.39, 0.29) is 11.1 Å². The molecule has 0 saturated heterocycles. The number of pyridine rings is 1. The Morgan fingerprint density at radius 3 is 2.27 bits per heavy atom. The summed E-state index contributed by atoms with van der Waals surface area (Å²) in [6, 6.07) is 17.1. The molecule has 26 heavy (non-hydrogen) atoms. The minimum absolute atomic E-state index is 0.100. The first-order valence-electron chi connectivity index (χ1n) is 8.05. The van der Waals surface area contributed by atoms with Crippen LogP contribution in [0.1, 0.15) is 11.3 Å². The first-order chi connectivity index (χ1) is 12.6. The van der Waals surface area contributed by atoms with Gasteiger partial charge in [0.05, 0.1) is 14.2 Å². The molecule has 130 valence electrons. The van der Waals surface area contributed by atoms with Gasteiger partial charge in [0.2, 0.25) is 0 Å². The molecule has 0 aliphatic carbocycles. The molecule has 0 amide bonds. The predicted octanol–water partition coefficient (Wildman–Crippen LogP) is 3.91.